The van der Waals surface area contributed by atoms with Crippen molar-refractivity contribution in [3.63, 3.8) is 0 Å². The number of nitrogens with two attached hydrogens (primary N) is 1. The van der Waals surface area contributed by atoms with Crippen molar-refractivity contribution in [1.29, 1.82) is 0 Å². The summed E-state index contributed by atoms with van der Waals surface area (Å²) >= 11 is 0. The molecule has 1 aromatic rings. The first-order chi connectivity index (χ1) is 9.37. The molecule has 0 aliphatic heterocycles. The zero-order valence-electron chi connectivity index (χ0n) is 13.4. The number of carbonyl (C=O) groups excluding carboxylic acids is 1. The molecule has 1 rings (SSSR count). The maximum atomic E-state index is 12.2. The minimum absolute atomic E-state index is 0.0905. The fourth-order valence-electron chi connectivity index (χ4n) is 2.60. The predicted molar refractivity (Wildman–Crippen MR) is 81.3 cm³/mol. The maximum absolute atomic E-state index is 12.2. The second kappa shape index (κ2) is 6.88. The zero-order chi connectivity index (χ0) is 15.3. The van der Waals surface area contributed by atoms with Crippen molar-refractivity contribution < 1.29 is 4.79 Å². The summed E-state index contributed by atoms with van der Waals surface area (Å²) < 4.78 is 1.91. The highest BCUT2D eigenvalue weighted by Crippen LogP contribution is 2.16. The van der Waals surface area contributed by atoms with E-state index in [-0.39, 0.29) is 5.91 Å². The minimum Gasteiger partial charge on any atom is -0.350 e. The van der Waals surface area contributed by atoms with E-state index >= 15 is 0 Å². The van der Waals surface area contributed by atoms with Crippen LogP contribution in [0.15, 0.2) is 0 Å². The summed E-state index contributed by atoms with van der Waals surface area (Å²) in [6.45, 7) is 8.51. The largest absolute Gasteiger partial charge is 0.350 e. The number of hydrogen-bond donors (Lipinski definition) is 2. The molecule has 0 saturated heterocycles. The van der Waals surface area contributed by atoms with Crippen molar-refractivity contribution in [3.05, 3.63) is 17.0 Å². The van der Waals surface area contributed by atoms with Crippen molar-refractivity contribution in [1.82, 2.24) is 15.1 Å². The summed E-state index contributed by atoms with van der Waals surface area (Å²) in [5, 5.41) is 7.48. The van der Waals surface area contributed by atoms with Gasteiger partial charge in [-0.2, -0.15) is 5.10 Å². The highest BCUT2D eigenvalue weighted by Gasteiger charge is 2.27. The SMILES string of the molecule is CCCC(C)(N)C(=O)NCc1c(CC)nn(C)c1CC. The van der Waals surface area contributed by atoms with Crippen LogP contribution < -0.4 is 11.1 Å². The average molecular weight is 280 g/mol. The standard InChI is InChI=1S/C15H28N4O/c1-6-9-15(4,16)14(20)17-10-11-12(7-2)18-19(5)13(11)8-3/h6-10,16H2,1-5H3,(H,17,20). The number of aryl methyl sites for hydroxylation is 2. The number of aromatic nitrogens is 2. The van der Waals surface area contributed by atoms with Crippen molar-refractivity contribution >= 4 is 5.91 Å². The molecule has 0 aromatic carbocycles. The normalized spacial score (nSPS) is 14.1. The van der Waals surface area contributed by atoms with Gasteiger partial charge >= 0.3 is 0 Å². The molecule has 1 amide bonds. The Morgan fingerprint density at radius 2 is 2.00 bits per heavy atom. The summed E-state index contributed by atoms with van der Waals surface area (Å²) in [7, 11) is 1.95. The minimum atomic E-state index is -0.796. The van der Waals surface area contributed by atoms with E-state index < -0.39 is 5.54 Å². The van der Waals surface area contributed by atoms with E-state index in [0.717, 1.165) is 30.5 Å². The van der Waals surface area contributed by atoms with Gasteiger partial charge in [0.2, 0.25) is 5.91 Å². The number of amides is 1. The molecule has 1 heterocycles. The molecule has 1 atom stereocenters. The third kappa shape index (κ3) is 3.60. The van der Waals surface area contributed by atoms with E-state index in [0.29, 0.717) is 13.0 Å². The number of hydrogen-bond acceptors (Lipinski definition) is 3. The quantitative estimate of drug-likeness (QED) is 0.798. The smallest absolute Gasteiger partial charge is 0.240 e. The summed E-state index contributed by atoms with van der Waals surface area (Å²) in [5.41, 5.74) is 8.62. The number of carbonyl (C=O) groups is 1. The Morgan fingerprint density at radius 3 is 2.50 bits per heavy atom. The van der Waals surface area contributed by atoms with Gasteiger partial charge in [0.1, 0.15) is 0 Å². The van der Waals surface area contributed by atoms with Crippen LogP contribution in [0.3, 0.4) is 0 Å². The van der Waals surface area contributed by atoms with Gasteiger partial charge in [-0.3, -0.25) is 9.48 Å². The zero-order valence-corrected chi connectivity index (χ0v) is 13.4. The van der Waals surface area contributed by atoms with Crippen molar-refractivity contribution in [2.75, 3.05) is 0 Å². The van der Waals surface area contributed by atoms with Gasteiger partial charge in [-0.15, -0.1) is 0 Å². The van der Waals surface area contributed by atoms with Gasteiger partial charge in [0.15, 0.2) is 0 Å². The predicted octanol–water partition coefficient (Wildman–Crippen LogP) is 1.68. The second-order valence-corrected chi connectivity index (χ2v) is 5.55. The third-order valence-corrected chi connectivity index (χ3v) is 3.74. The highest BCUT2D eigenvalue weighted by molar-refractivity contribution is 5.85. The molecule has 3 N–H and O–H groups in total. The lowest BCUT2D eigenvalue weighted by atomic mass is 9.96. The molecule has 1 aromatic heterocycles. The van der Waals surface area contributed by atoms with E-state index in [4.69, 9.17) is 5.73 Å². The molecule has 114 valence electrons. The van der Waals surface area contributed by atoms with E-state index in [9.17, 15) is 4.79 Å². The van der Waals surface area contributed by atoms with Crippen molar-refractivity contribution in [2.45, 2.75) is 65.5 Å². The molecule has 0 aliphatic rings. The molecule has 0 saturated carbocycles. The number of rotatable bonds is 7. The Labute approximate surface area is 121 Å². The molecule has 0 radical (unpaired) electrons. The fraction of sp³-hybridized carbons (Fsp3) is 0.733. The molecule has 5 nitrogen and oxygen atoms in total. The van der Waals surface area contributed by atoms with Crippen molar-refractivity contribution in [3.8, 4) is 0 Å². The molecule has 5 heteroatoms. The summed E-state index contributed by atoms with van der Waals surface area (Å²) in [5.74, 6) is -0.0905. The Morgan fingerprint density at radius 1 is 1.35 bits per heavy atom. The first-order valence-corrected chi connectivity index (χ1v) is 7.48. The van der Waals surface area contributed by atoms with Crippen LogP contribution in [-0.4, -0.2) is 21.2 Å². The van der Waals surface area contributed by atoms with Crippen LogP contribution >= 0.6 is 0 Å². The van der Waals surface area contributed by atoms with Gasteiger partial charge in [0.25, 0.3) is 0 Å². The van der Waals surface area contributed by atoms with Crippen LogP contribution in [0, 0.1) is 0 Å². The Hall–Kier alpha value is -1.36. The lowest BCUT2D eigenvalue weighted by Crippen LogP contribution is -2.51. The van der Waals surface area contributed by atoms with Crippen LogP contribution in [-0.2, 0) is 31.2 Å². The summed E-state index contributed by atoms with van der Waals surface area (Å²) in [6.07, 6.45) is 3.36. The molecular weight excluding hydrogens is 252 g/mol. The van der Waals surface area contributed by atoms with Gasteiger partial charge in [-0.1, -0.05) is 27.2 Å². The first-order valence-electron chi connectivity index (χ1n) is 7.48. The Kier molecular flexibility index (Phi) is 5.74. The monoisotopic (exact) mass is 280 g/mol. The summed E-state index contributed by atoms with van der Waals surface area (Å²) in [6, 6.07) is 0. The van der Waals surface area contributed by atoms with Crippen LogP contribution in [0.4, 0.5) is 0 Å². The number of nitrogens with zero attached hydrogens (tertiary/aromatic N) is 2. The molecular formula is C15H28N4O. The lowest BCUT2D eigenvalue weighted by Gasteiger charge is -2.23. The Balaban J connectivity index is 2.82. The van der Waals surface area contributed by atoms with Crippen molar-refractivity contribution in [2.24, 2.45) is 12.8 Å². The van der Waals surface area contributed by atoms with E-state index in [1.807, 2.05) is 18.7 Å². The van der Waals surface area contributed by atoms with E-state index in [1.165, 1.54) is 5.69 Å². The van der Waals surface area contributed by atoms with E-state index in [1.54, 1.807) is 6.92 Å². The lowest BCUT2D eigenvalue weighted by molar-refractivity contribution is -0.126. The third-order valence-electron chi connectivity index (χ3n) is 3.74. The van der Waals surface area contributed by atoms with Crippen LogP contribution in [0.2, 0.25) is 0 Å². The van der Waals surface area contributed by atoms with Crippen LogP contribution in [0.5, 0.6) is 0 Å². The molecule has 0 spiro atoms. The molecule has 0 fully saturated rings. The van der Waals surface area contributed by atoms with Crippen LogP contribution in [0.1, 0.15) is 57.5 Å². The van der Waals surface area contributed by atoms with Gasteiger partial charge in [-0.05, 0) is 26.2 Å². The van der Waals surface area contributed by atoms with Gasteiger partial charge in [0.05, 0.1) is 11.2 Å². The van der Waals surface area contributed by atoms with Gasteiger partial charge < -0.3 is 11.1 Å². The molecule has 20 heavy (non-hydrogen) atoms. The summed E-state index contributed by atoms with van der Waals surface area (Å²) in [4.78, 5) is 12.2. The highest BCUT2D eigenvalue weighted by atomic mass is 16.2. The Bertz CT molecular complexity index is 463. The average Bonchev–Trinajstić information content (AvgIpc) is 2.71. The molecule has 1 unspecified atom stereocenters. The molecule has 0 aliphatic carbocycles. The second-order valence-electron chi connectivity index (χ2n) is 5.55. The topological polar surface area (TPSA) is 72.9 Å². The fourth-order valence-corrected chi connectivity index (χ4v) is 2.60. The van der Waals surface area contributed by atoms with E-state index in [2.05, 4.69) is 24.3 Å². The molecule has 0 bridgehead atoms. The van der Waals surface area contributed by atoms with Crippen LogP contribution in [0.25, 0.3) is 0 Å². The number of nitrogens with one attached hydrogen (secondary N) is 1. The maximum Gasteiger partial charge on any atom is 0.240 e. The van der Waals surface area contributed by atoms with Gasteiger partial charge in [0, 0.05) is 24.8 Å². The first kappa shape index (κ1) is 16.7. The van der Waals surface area contributed by atoms with Gasteiger partial charge in [-0.25, -0.2) is 0 Å².